The number of ether oxygens (including phenoxy) is 1. The van der Waals surface area contributed by atoms with Crippen LogP contribution in [-0.4, -0.2) is 12.5 Å². The van der Waals surface area contributed by atoms with Gasteiger partial charge in [0, 0.05) is 5.56 Å². The van der Waals surface area contributed by atoms with E-state index in [9.17, 15) is 13.6 Å². The van der Waals surface area contributed by atoms with Crippen LogP contribution in [-0.2, 0) is 0 Å². The van der Waals surface area contributed by atoms with Crippen LogP contribution in [0, 0.1) is 0 Å². The molecule has 0 atom stereocenters. The van der Waals surface area contributed by atoms with Crippen molar-refractivity contribution in [1.29, 1.82) is 0 Å². The van der Waals surface area contributed by atoms with Crippen molar-refractivity contribution in [3.8, 4) is 5.75 Å². The van der Waals surface area contributed by atoms with Gasteiger partial charge in [-0.15, -0.1) is 0 Å². The summed E-state index contributed by atoms with van der Waals surface area (Å²) in [6, 6.07) is 2.17. The predicted molar refractivity (Wildman–Crippen MR) is 51.6 cm³/mol. The Labute approximate surface area is 93.7 Å². The molecule has 0 fully saturated rings. The molecule has 1 amide bonds. The Bertz CT molecular complexity index is 398. The van der Waals surface area contributed by atoms with Crippen LogP contribution in [0.2, 0.25) is 10.0 Å². The summed E-state index contributed by atoms with van der Waals surface area (Å²) < 4.78 is 27.9. The van der Waals surface area contributed by atoms with Crippen molar-refractivity contribution < 1.29 is 18.3 Å². The van der Waals surface area contributed by atoms with Crippen LogP contribution in [0.15, 0.2) is 12.1 Å². The zero-order chi connectivity index (χ0) is 11.6. The molecule has 1 rings (SSSR count). The van der Waals surface area contributed by atoms with Crippen molar-refractivity contribution in [2.24, 2.45) is 5.73 Å². The molecule has 1 aromatic carbocycles. The Morgan fingerprint density at radius 2 is 2.00 bits per heavy atom. The van der Waals surface area contributed by atoms with Gasteiger partial charge in [0.1, 0.15) is 10.8 Å². The maximum atomic E-state index is 11.9. The van der Waals surface area contributed by atoms with Crippen LogP contribution in [0.25, 0.3) is 0 Å². The highest BCUT2D eigenvalue weighted by Gasteiger charge is 2.14. The molecule has 2 N–H and O–H groups in total. The largest absolute Gasteiger partial charge is 0.433 e. The van der Waals surface area contributed by atoms with Crippen LogP contribution in [0.5, 0.6) is 5.75 Å². The second kappa shape index (κ2) is 4.63. The highest BCUT2D eigenvalue weighted by molar-refractivity contribution is 6.43. The summed E-state index contributed by atoms with van der Waals surface area (Å²) in [6.07, 6.45) is 0. The molecule has 3 nitrogen and oxygen atoms in total. The molecule has 82 valence electrons. The molecule has 0 heterocycles. The minimum Gasteiger partial charge on any atom is -0.433 e. The van der Waals surface area contributed by atoms with Crippen LogP contribution in [0.4, 0.5) is 8.78 Å². The number of halogens is 4. The lowest BCUT2D eigenvalue weighted by Crippen LogP contribution is -2.12. The van der Waals surface area contributed by atoms with E-state index in [1.54, 1.807) is 0 Å². The SMILES string of the molecule is NC(=O)c1cc(Cl)c(Cl)c(OC(F)F)c1. The van der Waals surface area contributed by atoms with Gasteiger partial charge in [-0.3, -0.25) is 4.79 Å². The van der Waals surface area contributed by atoms with E-state index in [-0.39, 0.29) is 21.4 Å². The standard InChI is InChI=1S/C8H5Cl2F2NO2/c9-4-1-3(7(13)14)2-5(6(4)10)15-8(11)12/h1-2,8H,(H2,13,14). The van der Waals surface area contributed by atoms with Gasteiger partial charge in [0.05, 0.1) is 5.02 Å². The zero-order valence-electron chi connectivity index (χ0n) is 7.14. The second-order valence-electron chi connectivity index (χ2n) is 2.51. The van der Waals surface area contributed by atoms with E-state index in [1.807, 2.05) is 0 Å². The van der Waals surface area contributed by atoms with Crippen LogP contribution < -0.4 is 10.5 Å². The number of carbonyl (C=O) groups is 1. The molecule has 0 spiro atoms. The van der Waals surface area contributed by atoms with E-state index in [2.05, 4.69) is 4.74 Å². The van der Waals surface area contributed by atoms with Crippen molar-refractivity contribution in [2.45, 2.75) is 6.61 Å². The molecule has 0 saturated carbocycles. The Morgan fingerprint density at radius 3 is 2.47 bits per heavy atom. The smallest absolute Gasteiger partial charge is 0.387 e. The van der Waals surface area contributed by atoms with E-state index in [1.165, 1.54) is 6.07 Å². The first kappa shape index (κ1) is 12.0. The van der Waals surface area contributed by atoms with Gasteiger partial charge in [-0.1, -0.05) is 23.2 Å². The molecule has 1 aromatic rings. The highest BCUT2D eigenvalue weighted by Crippen LogP contribution is 2.34. The summed E-state index contributed by atoms with van der Waals surface area (Å²) in [4.78, 5) is 10.8. The van der Waals surface area contributed by atoms with E-state index in [0.29, 0.717) is 0 Å². The number of hydrogen-bond acceptors (Lipinski definition) is 2. The molecule has 0 radical (unpaired) electrons. The van der Waals surface area contributed by atoms with Gasteiger partial charge in [-0.2, -0.15) is 8.78 Å². The van der Waals surface area contributed by atoms with Gasteiger partial charge in [0.2, 0.25) is 5.91 Å². The van der Waals surface area contributed by atoms with E-state index < -0.39 is 12.5 Å². The fourth-order valence-corrected chi connectivity index (χ4v) is 1.25. The molecular weight excluding hydrogens is 251 g/mol. The molecule has 0 bridgehead atoms. The van der Waals surface area contributed by atoms with Gasteiger partial charge in [-0.25, -0.2) is 0 Å². The molecule has 0 aromatic heterocycles. The molecule has 7 heteroatoms. The van der Waals surface area contributed by atoms with Gasteiger partial charge in [0.25, 0.3) is 0 Å². The lowest BCUT2D eigenvalue weighted by molar-refractivity contribution is -0.0498. The predicted octanol–water partition coefficient (Wildman–Crippen LogP) is 2.69. The number of amides is 1. The zero-order valence-corrected chi connectivity index (χ0v) is 8.65. The lowest BCUT2D eigenvalue weighted by Gasteiger charge is -2.08. The fourth-order valence-electron chi connectivity index (χ4n) is 0.888. The van der Waals surface area contributed by atoms with Crippen LogP contribution >= 0.6 is 23.2 Å². The summed E-state index contributed by atoms with van der Waals surface area (Å²) >= 11 is 11.2. The summed E-state index contributed by atoms with van der Waals surface area (Å²) in [6.45, 7) is -3.05. The highest BCUT2D eigenvalue weighted by atomic mass is 35.5. The van der Waals surface area contributed by atoms with E-state index in [4.69, 9.17) is 28.9 Å². The Kier molecular flexibility index (Phi) is 3.71. The van der Waals surface area contributed by atoms with Gasteiger partial charge in [-0.05, 0) is 12.1 Å². The van der Waals surface area contributed by atoms with Crippen molar-refractivity contribution in [3.05, 3.63) is 27.7 Å². The van der Waals surface area contributed by atoms with Crippen molar-refractivity contribution >= 4 is 29.1 Å². The van der Waals surface area contributed by atoms with E-state index in [0.717, 1.165) is 6.07 Å². The fraction of sp³-hybridized carbons (Fsp3) is 0.125. The Hall–Kier alpha value is -1.07. The molecule has 0 saturated heterocycles. The normalized spacial score (nSPS) is 10.5. The molecule has 0 aliphatic heterocycles. The lowest BCUT2D eigenvalue weighted by atomic mass is 10.2. The first-order valence-electron chi connectivity index (χ1n) is 3.65. The maximum absolute atomic E-state index is 11.9. The first-order chi connectivity index (χ1) is 6.91. The van der Waals surface area contributed by atoms with Crippen molar-refractivity contribution in [1.82, 2.24) is 0 Å². The third kappa shape index (κ3) is 2.94. The van der Waals surface area contributed by atoms with Crippen molar-refractivity contribution in [2.75, 3.05) is 0 Å². The molecule has 0 aliphatic rings. The number of carbonyl (C=O) groups excluding carboxylic acids is 1. The summed E-state index contributed by atoms with van der Waals surface area (Å²) in [7, 11) is 0. The first-order valence-corrected chi connectivity index (χ1v) is 4.41. The minimum atomic E-state index is -3.05. The number of alkyl halides is 2. The third-order valence-corrected chi connectivity index (χ3v) is 2.28. The summed E-state index contributed by atoms with van der Waals surface area (Å²) in [5.74, 6) is -1.19. The molecule has 15 heavy (non-hydrogen) atoms. The number of hydrogen-bond donors (Lipinski definition) is 1. The number of nitrogens with two attached hydrogens (primary N) is 1. The number of rotatable bonds is 3. The average molecular weight is 256 g/mol. The maximum Gasteiger partial charge on any atom is 0.387 e. The molecule has 0 aliphatic carbocycles. The monoisotopic (exact) mass is 255 g/mol. The quantitative estimate of drug-likeness (QED) is 0.903. The number of benzene rings is 1. The third-order valence-electron chi connectivity index (χ3n) is 1.50. The Balaban J connectivity index is 3.19. The molecular formula is C8H5Cl2F2NO2. The summed E-state index contributed by atoms with van der Waals surface area (Å²) in [5, 5.41) is -0.273. The van der Waals surface area contributed by atoms with Crippen LogP contribution in [0.1, 0.15) is 10.4 Å². The van der Waals surface area contributed by atoms with Gasteiger partial charge in [0.15, 0.2) is 0 Å². The topological polar surface area (TPSA) is 52.3 Å². The van der Waals surface area contributed by atoms with Crippen LogP contribution in [0.3, 0.4) is 0 Å². The molecule has 0 unspecified atom stereocenters. The second-order valence-corrected chi connectivity index (χ2v) is 3.30. The van der Waals surface area contributed by atoms with E-state index >= 15 is 0 Å². The summed E-state index contributed by atoms with van der Waals surface area (Å²) in [5.41, 5.74) is 4.89. The van der Waals surface area contributed by atoms with Gasteiger partial charge >= 0.3 is 6.61 Å². The minimum absolute atomic E-state index is 0.0555. The average Bonchev–Trinajstić information content (AvgIpc) is 2.11. The Morgan fingerprint density at radius 1 is 1.40 bits per heavy atom. The number of primary amides is 1. The van der Waals surface area contributed by atoms with Crippen molar-refractivity contribution in [3.63, 3.8) is 0 Å². The van der Waals surface area contributed by atoms with Gasteiger partial charge < -0.3 is 10.5 Å².